The second kappa shape index (κ2) is 6.66. The molecule has 8 heteroatoms. The third-order valence-corrected chi connectivity index (χ3v) is 4.77. The lowest BCUT2D eigenvalue weighted by Crippen LogP contribution is -2.33. The second-order valence-corrected chi connectivity index (χ2v) is 7.37. The Balaban J connectivity index is 1.58. The Labute approximate surface area is 165 Å². The van der Waals surface area contributed by atoms with E-state index in [-0.39, 0.29) is 39.6 Å². The molecule has 0 aromatic heterocycles. The van der Waals surface area contributed by atoms with Crippen LogP contribution >= 0.6 is 0 Å². The summed E-state index contributed by atoms with van der Waals surface area (Å²) in [6, 6.07) is 8.73. The maximum atomic E-state index is 12.6. The Morgan fingerprint density at radius 2 is 1.55 bits per heavy atom. The number of fused-ring (bicyclic) bond motifs is 2. The van der Waals surface area contributed by atoms with Crippen molar-refractivity contribution in [2.24, 2.45) is 5.92 Å². The van der Waals surface area contributed by atoms with Gasteiger partial charge < -0.3 is 5.32 Å². The van der Waals surface area contributed by atoms with E-state index in [9.17, 15) is 24.0 Å². The fraction of sp³-hybridized carbons (Fsp3) is 0.190. The van der Waals surface area contributed by atoms with Crippen molar-refractivity contribution in [3.8, 4) is 0 Å². The topological polar surface area (TPSA) is 113 Å². The maximum Gasteiger partial charge on any atom is 0.261 e. The van der Waals surface area contributed by atoms with E-state index in [0.29, 0.717) is 12.2 Å². The molecule has 0 bridgehead atoms. The quantitative estimate of drug-likeness (QED) is 0.775. The first-order valence-corrected chi connectivity index (χ1v) is 9.07. The average Bonchev–Trinajstić information content (AvgIpc) is 3.09. The van der Waals surface area contributed by atoms with Crippen LogP contribution in [0.2, 0.25) is 0 Å². The van der Waals surface area contributed by atoms with Gasteiger partial charge in [-0.05, 0) is 42.3 Å². The number of nitrogens with zero attached hydrogens (tertiary/aromatic N) is 1. The molecule has 29 heavy (non-hydrogen) atoms. The van der Waals surface area contributed by atoms with Crippen LogP contribution in [0.3, 0.4) is 0 Å². The van der Waals surface area contributed by atoms with Crippen LogP contribution in [0.25, 0.3) is 0 Å². The predicted octanol–water partition coefficient (Wildman–Crippen LogP) is 2.07. The molecule has 2 aliphatic rings. The zero-order chi connectivity index (χ0) is 20.9. The van der Waals surface area contributed by atoms with Crippen molar-refractivity contribution in [1.82, 2.24) is 10.2 Å². The smallest absolute Gasteiger partial charge is 0.261 e. The third-order valence-electron chi connectivity index (χ3n) is 4.77. The molecule has 5 amide bonds. The van der Waals surface area contributed by atoms with E-state index in [1.165, 1.54) is 41.3 Å². The molecule has 0 spiro atoms. The lowest BCUT2D eigenvalue weighted by atomic mass is 10.0. The SMILES string of the molecule is CC(C)CN1C(=O)c2ccc(C(=O)Nc3ccc4c(c3)C(=O)NC4=O)cc2C1=O. The monoisotopic (exact) mass is 391 g/mol. The molecule has 2 N–H and O–H groups in total. The Kier molecular flexibility index (Phi) is 4.26. The molecule has 8 nitrogen and oxygen atoms in total. The molecule has 0 unspecified atom stereocenters. The van der Waals surface area contributed by atoms with Crippen LogP contribution in [0.4, 0.5) is 5.69 Å². The number of rotatable bonds is 4. The fourth-order valence-electron chi connectivity index (χ4n) is 3.41. The molecule has 0 aliphatic carbocycles. The van der Waals surface area contributed by atoms with Gasteiger partial charge in [-0.15, -0.1) is 0 Å². The summed E-state index contributed by atoms with van der Waals surface area (Å²) < 4.78 is 0. The molecular weight excluding hydrogens is 374 g/mol. The van der Waals surface area contributed by atoms with Gasteiger partial charge in [-0.1, -0.05) is 13.8 Å². The van der Waals surface area contributed by atoms with Gasteiger partial charge in [0.05, 0.1) is 22.3 Å². The standard InChI is InChI=1S/C21H17N3O5/c1-10(2)9-24-20(28)14-5-3-11(7-16(14)21(24)29)17(25)22-12-4-6-13-15(8-12)19(27)23-18(13)26/h3-8,10H,9H2,1-2H3,(H,22,25)(H,23,26,27). The molecule has 0 saturated carbocycles. The highest BCUT2D eigenvalue weighted by atomic mass is 16.2. The van der Waals surface area contributed by atoms with Crippen LogP contribution < -0.4 is 10.6 Å². The normalized spacial score (nSPS) is 14.9. The van der Waals surface area contributed by atoms with Gasteiger partial charge in [0.2, 0.25) is 0 Å². The highest BCUT2D eigenvalue weighted by Crippen LogP contribution is 2.26. The van der Waals surface area contributed by atoms with Crippen molar-refractivity contribution >= 4 is 35.2 Å². The number of anilines is 1. The minimum atomic E-state index is -0.520. The highest BCUT2D eigenvalue weighted by Gasteiger charge is 2.36. The van der Waals surface area contributed by atoms with E-state index < -0.39 is 23.6 Å². The molecule has 0 fully saturated rings. The largest absolute Gasteiger partial charge is 0.322 e. The zero-order valence-corrected chi connectivity index (χ0v) is 15.7. The summed E-state index contributed by atoms with van der Waals surface area (Å²) in [7, 11) is 0. The lowest BCUT2D eigenvalue weighted by molar-refractivity contribution is 0.0635. The first-order chi connectivity index (χ1) is 13.8. The van der Waals surface area contributed by atoms with E-state index in [1.807, 2.05) is 13.8 Å². The number of hydrogen-bond acceptors (Lipinski definition) is 5. The average molecular weight is 391 g/mol. The summed E-state index contributed by atoms with van der Waals surface area (Å²) in [6.45, 7) is 4.13. The molecule has 2 aromatic carbocycles. The lowest BCUT2D eigenvalue weighted by Gasteiger charge is -2.15. The van der Waals surface area contributed by atoms with Gasteiger partial charge in [0.1, 0.15) is 0 Å². The third kappa shape index (κ3) is 3.08. The van der Waals surface area contributed by atoms with Gasteiger partial charge >= 0.3 is 0 Å². The minimum Gasteiger partial charge on any atom is -0.322 e. The van der Waals surface area contributed by atoms with Gasteiger partial charge in [0.15, 0.2) is 0 Å². The summed E-state index contributed by atoms with van der Waals surface area (Å²) in [5, 5.41) is 4.83. The Morgan fingerprint density at radius 1 is 0.897 bits per heavy atom. The fourth-order valence-corrected chi connectivity index (χ4v) is 3.41. The van der Waals surface area contributed by atoms with E-state index in [0.717, 1.165) is 0 Å². The molecule has 0 saturated heterocycles. The van der Waals surface area contributed by atoms with Crippen LogP contribution in [0.1, 0.15) is 65.6 Å². The first-order valence-electron chi connectivity index (χ1n) is 9.07. The number of imide groups is 2. The summed E-state index contributed by atoms with van der Waals surface area (Å²) in [5.41, 5.74) is 1.45. The minimum absolute atomic E-state index is 0.129. The van der Waals surface area contributed by atoms with Gasteiger partial charge in [0.25, 0.3) is 29.5 Å². The van der Waals surface area contributed by atoms with E-state index in [1.54, 1.807) is 0 Å². The maximum absolute atomic E-state index is 12.6. The van der Waals surface area contributed by atoms with Crippen molar-refractivity contribution < 1.29 is 24.0 Å². The first kappa shape index (κ1) is 18.5. The number of carbonyl (C=O) groups is 5. The molecule has 0 atom stereocenters. The molecule has 4 rings (SSSR count). The number of nitrogens with one attached hydrogen (secondary N) is 2. The molecule has 0 radical (unpaired) electrons. The van der Waals surface area contributed by atoms with Crippen LogP contribution in [0.15, 0.2) is 36.4 Å². The Bertz CT molecular complexity index is 1120. The molecule has 2 heterocycles. The van der Waals surface area contributed by atoms with Crippen molar-refractivity contribution in [2.45, 2.75) is 13.8 Å². The Morgan fingerprint density at radius 3 is 2.28 bits per heavy atom. The summed E-state index contributed by atoms with van der Waals surface area (Å²) in [5.74, 6) is -2.14. The molecule has 2 aliphatic heterocycles. The van der Waals surface area contributed by atoms with Crippen LogP contribution in [0.5, 0.6) is 0 Å². The number of hydrogen-bond donors (Lipinski definition) is 2. The van der Waals surface area contributed by atoms with Crippen molar-refractivity contribution in [1.29, 1.82) is 0 Å². The number of benzene rings is 2. The Hall–Kier alpha value is -3.81. The molecule has 146 valence electrons. The highest BCUT2D eigenvalue weighted by molar-refractivity contribution is 6.23. The van der Waals surface area contributed by atoms with Crippen molar-refractivity contribution in [3.63, 3.8) is 0 Å². The summed E-state index contributed by atoms with van der Waals surface area (Å²) >= 11 is 0. The number of carbonyl (C=O) groups excluding carboxylic acids is 5. The van der Waals surface area contributed by atoms with Gasteiger partial charge in [0, 0.05) is 17.8 Å². The van der Waals surface area contributed by atoms with Crippen molar-refractivity contribution in [3.05, 3.63) is 64.2 Å². The van der Waals surface area contributed by atoms with Crippen LogP contribution in [0, 0.1) is 5.92 Å². The van der Waals surface area contributed by atoms with E-state index in [2.05, 4.69) is 10.6 Å². The van der Waals surface area contributed by atoms with Crippen LogP contribution in [-0.2, 0) is 0 Å². The van der Waals surface area contributed by atoms with Gasteiger partial charge in [-0.25, -0.2) is 0 Å². The number of amides is 5. The molecular formula is C21H17N3O5. The van der Waals surface area contributed by atoms with Gasteiger partial charge in [-0.2, -0.15) is 0 Å². The second-order valence-electron chi connectivity index (χ2n) is 7.37. The zero-order valence-electron chi connectivity index (χ0n) is 15.7. The van der Waals surface area contributed by atoms with E-state index >= 15 is 0 Å². The van der Waals surface area contributed by atoms with Crippen LogP contribution in [-0.4, -0.2) is 41.0 Å². The summed E-state index contributed by atoms with van der Waals surface area (Å²) in [4.78, 5) is 62.2. The predicted molar refractivity (Wildman–Crippen MR) is 103 cm³/mol. The summed E-state index contributed by atoms with van der Waals surface area (Å²) in [6.07, 6.45) is 0. The van der Waals surface area contributed by atoms with E-state index in [4.69, 9.17) is 0 Å². The molecule has 2 aromatic rings. The van der Waals surface area contributed by atoms with Gasteiger partial charge in [-0.3, -0.25) is 34.2 Å². The van der Waals surface area contributed by atoms with Crippen molar-refractivity contribution in [2.75, 3.05) is 11.9 Å².